The molecule has 0 aliphatic rings. The predicted molar refractivity (Wildman–Crippen MR) is 99.3 cm³/mol. The van der Waals surface area contributed by atoms with Gasteiger partial charge >= 0.3 is 0 Å². The van der Waals surface area contributed by atoms with Crippen molar-refractivity contribution in [2.45, 2.75) is 27.3 Å². The van der Waals surface area contributed by atoms with Gasteiger partial charge < -0.3 is 4.42 Å². The Morgan fingerprint density at radius 3 is 2.48 bits per heavy atom. The molecule has 0 amide bonds. The van der Waals surface area contributed by atoms with Gasteiger partial charge in [0.2, 0.25) is 11.5 Å². The van der Waals surface area contributed by atoms with Gasteiger partial charge in [0.1, 0.15) is 16.8 Å². The van der Waals surface area contributed by atoms with Crippen molar-refractivity contribution in [3.63, 3.8) is 0 Å². The standard InChI is InChI=1S/C19H17N7O/c1-11-4-7-14(8-5-11)10-25-17-16(20-24-25)13(3)23-26-18(21-22-19(17)26)15-9-6-12(2)27-15/h4-9H,10H2,1-3H3. The van der Waals surface area contributed by atoms with E-state index in [1.165, 1.54) is 5.56 Å². The first kappa shape index (κ1) is 15.7. The topological polar surface area (TPSA) is 86.9 Å². The second kappa shape index (κ2) is 5.73. The molecule has 8 heteroatoms. The van der Waals surface area contributed by atoms with E-state index < -0.39 is 0 Å². The molecule has 0 aliphatic heterocycles. The van der Waals surface area contributed by atoms with Crippen LogP contribution in [0.5, 0.6) is 0 Å². The Morgan fingerprint density at radius 2 is 1.74 bits per heavy atom. The lowest BCUT2D eigenvalue weighted by Gasteiger charge is -2.05. The zero-order chi connectivity index (χ0) is 18.5. The molecule has 0 fully saturated rings. The number of fused-ring (bicyclic) bond motifs is 3. The van der Waals surface area contributed by atoms with Gasteiger partial charge in [0.05, 0.1) is 12.2 Å². The van der Waals surface area contributed by atoms with Crippen LogP contribution in [0.4, 0.5) is 0 Å². The Hall–Kier alpha value is -3.55. The fourth-order valence-electron chi connectivity index (χ4n) is 3.18. The van der Waals surface area contributed by atoms with E-state index in [2.05, 4.69) is 56.8 Å². The largest absolute Gasteiger partial charge is 0.458 e. The summed E-state index contributed by atoms with van der Waals surface area (Å²) in [6, 6.07) is 12.1. The van der Waals surface area contributed by atoms with Crippen LogP contribution in [0.25, 0.3) is 28.3 Å². The van der Waals surface area contributed by atoms with Gasteiger partial charge in [0.25, 0.3) is 0 Å². The fourth-order valence-corrected chi connectivity index (χ4v) is 3.18. The van der Waals surface area contributed by atoms with Crippen LogP contribution in [-0.2, 0) is 6.54 Å². The molecule has 0 unspecified atom stereocenters. The maximum atomic E-state index is 5.71. The molecular formula is C19H17N7O. The van der Waals surface area contributed by atoms with Crippen molar-refractivity contribution in [2.24, 2.45) is 0 Å². The average Bonchev–Trinajstić information content (AvgIpc) is 3.35. The normalized spacial score (nSPS) is 11.7. The van der Waals surface area contributed by atoms with Crippen LogP contribution in [0, 0.1) is 20.8 Å². The van der Waals surface area contributed by atoms with E-state index in [0.717, 1.165) is 28.1 Å². The molecule has 27 heavy (non-hydrogen) atoms. The summed E-state index contributed by atoms with van der Waals surface area (Å²) in [6.07, 6.45) is 0. The van der Waals surface area contributed by atoms with Crippen LogP contribution in [0.15, 0.2) is 40.8 Å². The molecule has 0 N–H and O–H groups in total. The summed E-state index contributed by atoms with van der Waals surface area (Å²) in [7, 11) is 0. The number of benzene rings is 1. The number of nitrogens with zero attached hydrogens (tertiary/aromatic N) is 7. The molecule has 0 saturated heterocycles. The molecule has 134 valence electrons. The number of rotatable bonds is 3. The van der Waals surface area contributed by atoms with Crippen LogP contribution in [-0.4, -0.2) is 34.8 Å². The summed E-state index contributed by atoms with van der Waals surface area (Å²) >= 11 is 0. The summed E-state index contributed by atoms with van der Waals surface area (Å²) < 4.78 is 9.25. The lowest BCUT2D eigenvalue weighted by atomic mass is 10.1. The van der Waals surface area contributed by atoms with Crippen molar-refractivity contribution >= 4 is 16.7 Å². The first-order valence-corrected chi connectivity index (χ1v) is 8.68. The summed E-state index contributed by atoms with van der Waals surface area (Å²) in [5, 5.41) is 21.9. The van der Waals surface area contributed by atoms with Gasteiger partial charge in [0.15, 0.2) is 5.76 Å². The summed E-state index contributed by atoms with van der Waals surface area (Å²) in [6.45, 7) is 6.47. The SMILES string of the molecule is Cc1ccc(Cn2nnc3c(C)nn4c(-c5ccc(C)o5)nnc4c32)cc1. The second-order valence-electron chi connectivity index (χ2n) is 6.68. The zero-order valence-electron chi connectivity index (χ0n) is 15.2. The number of aromatic nitrogens is 7. The highest BCUT2D eigenvalue weighted by Gasteiger charge is 2.20. The number of aryl methyl sites for hydroxylation is 3. The minimum Gasteiger partial charge on any atom is -0.458 e. The average molecular weight is 359 g/mol. The van der Waals surface area contributed by atoms with Gasteiger partial charge in [-0.15, -0.1) is 15.3 Å². The second-order valence-corrected chi connectivity index (χ2v) is 6.68. The van der Waals surface area contributed by atoms with Crippen LogP contribution < -0.4 is 0 Å². The maximum Gasteiger partial charge on any atom is 0.220 e. The van der Waals surface area contributed by atoms with Gasteiger partial charge in [-0.05, 0) is 38.5 Å². The number of hydrogen-bond acceptors (Lipinski definition) is 6. The lowest BCUT2D eigenvalue weighted by molar-refractivity contribution is 0.542. The highest BCUT2D eigenvalue weighted by molar-refractivity contribution is 5.89. The molecule has 8 nitrogen and oxygen atoms in total. The Bertz CT molecular complexity index is 1280. The van der Waals surface area contributed by atoms with Crippen molar-refractivity contribution in [2.75, 3.05) is 0 Å². The smallest absolute Gasteiger partial charge is 0.220 e. The lowest BCUT2D eigenvalue weighted by Crippen LogP contribution is -2.05. The molecule has 0 bridgehead atoms. The van der Waals surface area contributed by atoms with E-state index >= 15 is 0 Å². The van der Waals surface area contributed by atoms with Crippen LogP contribution in [0.2, 0.25) is 0 Å². The fraction of sp³-hybridized carbons (Fsp3) is 0.211. The molecule has 0 saturated carbocycles. The first-order chi connectivity index (χ1) is 13.1. The number of furan rings is 1. The van der Waals surface area contributed by atoms with Crippen molar-refractivity contribution in [1.29, 1.82) is 0 Å². The van der Waals surface area contributed by atoms with Gasteiger partial charge in [-0.1, -0.05) is 35.0 Å². The molecule has 4 heterocycles. The van der Waals surface area contributed by atoms with E-state index in [9.17, 15) is 0 Å². The monoisotopic (exact) mass is 359 g/mol. The van der Waals surface area contributed by atoms with E-state index in [4.69, 9.17) is 4.42 Å². The third-order valence-electron chi connectivity index (χ3n) is 4.59. The summed E-state index contributed by atoms with van der Waals surface area (Å²) in [5.41, 5.74) is 5.27. The first-order valence-electron chi connectivity index (χ1n) is 8.68. The zero-order valence-corrected chi connectivity index (χ0v) is 15.2. The molecule has 0 aliphatic carbocycles. The maximum absolute atomic E-state index is 5.71. The van der Waals surface area contributed by atoms with Crippen molar-refractivity contribution in [3.8, 4) is 11.6 Å². The highest BCUT2D eigenvalue weighted by atomic mass is 16.3. The third kappa shape index (κ3) is 2.49. The van der Waals surface area contributed by atoms with Crippen LogP contribution in [0.3, 0.4) is 0 Å². The van der Waals surface area contributed by atoms with Crippen molar-refractivity contribution in [1.82, 2.24) is 34.8 Å². The minimum atomic E-state index is 0.561. The quantitative estimate of drug-likeness (QED) is 0.492. The molecule has 5 rings (SSSR count). The summed E-state index contributed by atoms with van der Waals surface area (Å²) in [5.74, 6) is 2.00. The highest BCUT2D eigenvalue weighted by Crippen LogP contribution is 2.25. The van der Waals surface area contributed by atoms with Gasteiger partial charge in [-0.3, -0.25) is 0 Å². The van der Waals surface area contributed by atoms with Gasteiger partial charge in [-0.2, -0.15) is 9.61 Å². The number of hydrogen-bond donors (Lipinski definition) is 0. The van der Waals surface area contributed by atoms with Crippen LogP contribution in [0.1, 0.15) is 22.6 Å². The van der Waals surface area contributed by atoms with Gasteiger partial charge in [0, 0.05) is 0 Å². The Labute approximate surface area is 154 Å². The van der Waals surface area contributed by atoms with Crippen molar-refractivity contribution < 1.29 is 4.42 Å². The molecule has 1 aromatic carbocycles. The Balaban J connectivity index is 1.71. The van der Waals surface area contributed by atoms with Gasteiger partial charge in [-0.25, -0.2) is 4.68 Å². The Morgan fingerprint density at radius 1 is 0.926 bits per heavy atom. The molecule has 4 aromatic heterocycles. The van der Waals surface area contributed by atoms with Crippen LogP contribution >= 0.6 is 0 Å². The Kier molecular flexibility index (Phi) is 3.33. The third-order valence-corrected chi connectivity index (χ3v) is 4.59. The molecule has 5 aromatic rings. The minimum absolute atomic E-state index is 0.561. The molecule has 0 atom stereocenters. The molecule has 0 spiro atoms. The van der Waals surface area contributed by atoms with E-state index in [-0.39, 0.29) is 0 Å². The van der Waals surface area contributed by atoms with E-state index in [1.54, 1.807) is 4.52 Å². The summed E-state index contributed by atoms with van der Waals surface area (Å²) in [4.78, 5) is 0. The molecular weight excluding hydrogens is 342 g/mol. The molecule has 0 radical (unpaired) electrons. The van der Waals surface area contributed by atoms with E-state index in [0.29, 0.717) is 23.8 Å². The van der Waals surface area contributed by atoms with Crippen molar-refractivity contribution in [3.05, 3.63) is 59.0 Å². The van der Waals surface area contributed by atoms with E-state index in [1.807, 2.05) is 30.7 Å². The predicted octanol–water partition coefficient (Wildman–Crippen LogP) is 3.10.